The number of carbonyl (C=O) groups excluding carboxylic acids is 1. The lowest BCUT2D eigenvalue weighted by molar-refractivity contribution is 0.112. The molecule has 1 unspecified atom stereocenters. The first-order valence-electron chi connectivity index (χ1n) is 8.07. The summed E-state index contributed by atoms with van der Waals surface area (Å²) in [6, 6.07) is 6.16. The van der Waals surface area contributed by atoms with Crippen molar-refractivity contribution < 1.29 is 4.79 Å². The maximum atomic E-state index is 11.1. The summed E-state index contributed by atoms with van der Waals surface area (Å²) in [5.74, 6) is 0. The van der Waals surface area contributed by atoms with Gasteiger partial charge in [0.1, 0.15) is 12.6 Å². The number of rotatable bonds is 3. The molecule has 1 aromatic heterocycles. The van der Waals surface area contributed by atoms with Gasteiger partial charge in [0.15, 0.2) is 5.41 Å². The van der Waals surface area contributed by atoms with Crippen molar-refractivity contribution in [2.45, 2.75) is 37.9 Å². The number of fused-ring (bicyclic) bond motifs is 2. The molecule has 0 bridgehead atoms. The zero-order chi connectivity index (χ0) is 16.7. The van der Waals surface area contributed by atoms with Gasteiger partial charge in [0, 0.05) is 16.4 Å². The molecule has 0 saturated heterocycles. The van der Waals surface area contributed by atoms with Crippen molar-refractivity contribution in [3.05, 3.63) is 51.5 Å². The van der Waals surface area contributed by atoms with Gasteiger partial charge >= 0.3 is 5.16 Å². The fourth-order valence-electron chi connectivity index (χ4n) is 3.10. The smallest absolute Gasteiger partial charge is 0.298 e. The summed E-state index contributed by atoms with van der Waals surface area (Å²) in [4.78, 5) is 15.5. The van der Waals surface area contributed by atoms with Crippen LogP contribution in [0.25, 0.3) is 11.8 Å². The van der Waals surface area contributed by atoms with Gasteiger partial charge in [0.2, 0.25) is 11.1 Å². The monoisotopic (exact) mass is 339 g/mol. The molecule has 0 fully saturated rings. The van der Waals surface area contributed by atoms with Crippen molar-refractivity contribution in [3.8, 4) is 0 Å². The highest BCUT2D eigenvalue weighted by atomic mass is 32.2. The summed E-state index contributed by atoms with van der Waals surface area (Å²) >= 11 is -0.277. The van der Waals surface area contributed by atoms with Crippen LogP contribution < -0.4 is 15.2 Å². The lowest BCUT2D eigenvalue weighted by atomic mass is 10.1. The Morgan fingerprint density at radius 2 is 2.25 bits per heavy atom. The maximum absolute atomic E-state index is 11.1. The average molecular weight is 339 g/mol. The summed E-state index contributed by atoms with van der Waals surface area (Å²) < 4.78 is 5.62. The zero-order valence-corrected chi connectivity index (χ0v) is 14.5. The van der Waals surface area contributed by atoms with Gasteiger partial charge in [0.05, 0.1) is 11.7 Å². The van der Waals surface area contributed by atoms with Gasteiger partial charge in [-0.2, -0.15) is 14.8 Å². The third kappa shape index (κ3) is 2.47. The van der Waals surface area contributed by atoms with Gasteiger partial charge in [-0.3, -0.25) is 4.79 Å². The summed E-state index contributed by atoms with van der Waals surface area (Å²) in [7, 11) is 0. The third-order valence-electron chi connectivity index (χ3n) is 4.28. The Hall–Kier alpha value is -2.34. The van der Waals surface area contributed by atoms with E-state index in [0.29, 0.717) is 0 Å². The summed E-state index contributed by atoms with van der Waals surface area (Å²) in [5, 5.41) is 9.89. The molecule has 122 valence electrons. The quantitative estimate of drug-likeness (QED) is 0.679. The van der Waals surface area contributed by atoms with E-state index in [4.69, 9.17) is 0 Å². The molecule has 24 heavy (non-hydrogen) atoms. The van der Waals surface area contributed by atoms with E-state index < -0.39 is 0 Å². The van der Waals surface area contributed by atoms with Crippen molar-refractivity contribution in [3.63, 3.8) is 0 Å². The third-order valence-corrected chi connectivity index (χ3v) is 5.91. The molecule has 1 aliphatic heterocycles. The Balaban J connectivity index is 1.83. The van der Waals surface area contributed by atoms with E-state index in [2.05, 4.69) is 40.1 Å². The highest BCUT2D eigenvalue weighted by molar-refractivity contribution is 7.98. The lowest BCUT2D eigenvalue weighted by Crippen LogP contribution is -2.32. The first-order valence-corrected chi connectivity index (χ1v) is 9.36. The van der Waals surface area contributed by atoms with Crippen LogP contribution in [0.2, 0.25) is 0 Å². The van der Waals surface area contributed by atoms with Gasteiger partial charge < -0.3 is 0 Å². The minimum Gasteiger partial charge on any atom is -0.298 e. The highest BCUT2D eigenvalue weighted by Crippen LogP contribution is 2.29. The molecule has 1 atom stereocenters. The molecule has 6 heteroatoms. The van der Waals surface area contributed by atoms with E-state index in [9.17, 15) is 4.79 Å². The van der Waals surface area contributed by atoms with E-state index in [-0.39, 0.29) is 17.1 Å². The number of hydrogen-bond donors (Lipinski definition) is 1. The number of nitrogens with zero attached hydrogens (tertiary/aromatic N) is 3. The molecule has 1 aromatic carbocycles. The van der Waals surface area contributed by atoms with Crippen LogP contribution in [0.15, 0.2) is 40.7 Å². The largest absolute Gasteiger partial charge is 0.375 e. The standard InChI is InChI=1S/C18H19N4OS/c1-12(2)22-18(19-11-20-22)24-10-15-5-3-4-14-8-13(9-23)6-7-16(14)17(15)21-24/h4,6-12,21H,3,5H2,1-2H3/q+1. The lowest BCUT2D eigenvalue weighted by Gasteiger charge is -2.06. The first-order chi connectivity index (χ1) is 11.7. The molecule has 0 radical (unpaired) electrons. The summed E-state index contributed by atoms with van der Waals surface area (Å²) in [6.07, 6.45) is 6.70. The second kappa shape index (κ2) is 5.94. The number of nitrogens with one attached hydrogen (secondary N) is 1. The summed E-state index contributed by atoms with van der Waals surface area (Å²) in [6.45, 7) is 4.22. The van der Waals surface area contributed by atoms with Crippen molar-refractivity contribution >= 4 is 29.1 Å². The molecule has 2 aliphatic rings. The summed E-state index contributed by atoms with van der Waals surface area (Å²) in [5.41, 5.74) is 3.21. The first kappa shape index (κ1) is 15.2. The topological polar surface area (TPSA) is 59.8 Å². The number of hydrogen-bond acceptors (Lipinski definition) is 4. The second-order valence-corrected chi connectivity index (χ2v) is 7.73. The molecular formula is C18H19N4OS+. The number of benzene rings is 1. The molecule has 4 rings (SSSR count). The molecular weight excluding hydrogens is 320 g/mol. The Bertz CT molecular complexity index is 958. The van der Waals surface area contributed by atoms with Gasteiger partial charge in [-0.05, 0) is 38.0 Å². The van der Waals surface area contributed by atoms with Crippen LogP contribution in [0.3, 0.4) is 0 Å². The fourth-order valence-corrected chi connectivity index (χ4v) is 4.96. The minimum absolute atomic E-state index is 0.277. The van der Waals surface area contributed by atoms with E-state index >= 15 is 0 Å². The molecule has 0 amide bonds. The van der Waals surface area contributed by atoms with Crippen LogP contribution in [0, 0.1) is 0 Å². The number of aldehydes is 1. The van der Waals surface area contributed by atoms with E-state index in [1.165, 1.54) is 5.57 Å². The molecule has 2 heterocycles. The zero-order valence-electron chi connectivity index (χ0n) is 13.7. The van der Waals surface area contributed by atoms with Crippen LogP contribution >= 0.6 is 0 Å². The van der Waals surface area contributed by atoms with Gasteiger partial charge in [0.25, 0.3) is 0 Å². The van der Waals surface area contributed by atoms with E-state index in [1.54, 1.807) is 6.33 Å². The fraction of sp³-hybridized carbons (Fsp3) is 0.278. The Morgan fingerprint density at radius 1 is 1.38 bits per heavy atom. The molecule has 2 aromatic rings. The minimum atomic E-state index is -0.277. The molecule has 1 aliphatic carbocycles. The van der Waals surface area contributed by atoms with E-state index in [1.807, 2.05) is 22.9 Å². The van der Waals surface area contributed by atoms with Crippen LogP contribution in [-0.4, -0.2) is 21.1 Å². The Labute approximate surface area is 143 Å². The van der Waals surface area contributed by atoms with Crippen molar-refractivity contribution in [1.82, 2.24) is 19.5 Å². The van der Waals surface area contributed by atoms with Crippen LogP contribution in [-0.2, 0) is 11.1 Å². The van der Waals surface area contributed by atoms with Gasteiger partial charge in [-0.15, -0.1) is 0 Å². The van der Waals surface area contributed by atoms with Crippen LogP contribution in [0.4, 0.5) is 0 Å². The molecule has 1 N–H and O–H groups in total. The predicted octanol–water partition coefficient (Wildman–Crippen LogP) is 1.43. The Morgan fingerprint density at radius 3 is 3.04 bits per heavy atom. The number of aromatic nitrogens is 3. The van der Waals surface area contributed by atoms with Crippen molar-refractivity contribution in [1.29, 1.82) is 0 Å². The highest BCUT2D eigenvalue weighted by Gasteiger charge is 2.37. The normalized spacial score (nSPS) is 19.0. The predicted molar refractivity (Wildman–Crippen MR) is 95.4 cm³/mol. The average Bonchev–Trinajstić information content (AvgIpc) is 3.18. The van der Waals surface area contributed by atoms with E-state index in [0.717, 1.165) is 46.0 Å². The molecule has 5 nitrogen and oxygen atoms in total. The van der Waals surface area contributed by atoms with Crippen molar-refractivity contribution in [2.75, 3.05) is 0 Å². The Kier molecular flexibility index (Phi) is 3.76. The van der Waals surface area contributed by atoms with Crippen molar-refractivity contribution in [2.24, 2.45) is 0 Å². The second-order valence-electron chi connectivity index (χ2n) is 6.25. The maximum Gasteiger partial charge on any atom is 0.375 e. The number of carbonyl (C=O) groups is 1. The molecule has 0 spiro atoms. The van der Waals surface area contributed by atoms with Crippen LogP contribution in [0.5, 0.6) is 0 Å². The van der Waals surface area contributed by atoms with Gasteiger partial charge in [-0.1, -0.05) is 18.2 Å². The SMILES string of the molecule is CC(C)n1ncnc1[S+]1C=C2CCC=c3cc(C=O)ccc3=C2N1. The van der Waals surface area contributed by atoms with Gasteiger partial charge in [-0.25, -0.2) is 4.68 Å². The van der Waals surface area contributed by atoms with Crippen LogP contribution in [0.1, 0.15) is 43.1 Å². The molecule has 0 saturated carbocycles.